The van der Waals surface area contributed by atoms with E-state index in [1.807, 2.05) is 6.07 Å². The standard InChI is InChI=1S/C32H32N4O/c1-22-11-13-24(14-12-22)25-19-27-30(29(37)20-25)32(36-28-10-6-5-9-26(28)33-31(36)34-27)15-17-35(18-16-32)21-23-7-3-2-4-8-23/h2-14,25H,15-21H2,1H3,(H,33,34). The lowest BCUT2D eigenvalue weighted by Crippen LogP contribution is -2.52. The number of carbonyl (C=O) groups is 1. The molecule has 3 heterocycles. The summed E-state index contributed by atoms with van der Waals surface area (Å²) in [5.41, 5.74) is 7.67. The number of nitrogens with zero attached hydrogens (tertiary/aromatic N) is 3. The highest BCUT2D eigenvalue weighted by atomic mass is 16.1. The summed E-state index contributed by atoms with van der Waals surface area (Å²) in [6.45, 7) is 4.96. The van der Waals surface area contributed by atoms with Crippen molar-refractivity contribution < 1.29 is 4.79 Å². The summed E-state index contributed by atoms with van der Waals surface area (Å²) in [7, 11) is 0. The van der Waals surface area contributed by atoms with Crippen LogP contribution in [-0.2, 0) is 16.9 Å². The Morgan fingerprint density at radius 1 is 0.919 bits per heavy atom. The van der Waals surface area contributed by atoms with E-state index in [1.165, 1.54) is 16.7 Å². The highest BCUT2D eigenvalue weighted by Gasteiger charge is 2.50. The first kappa shape index (κ1) is 22.5. The molecular weight excluding hydrogens is 456 g/mol. The summed E-state index contributed by atoms with van der Waals surface area (Å²) >= 11 is 0. The minimum atomic E-state index is -0.353. The largest absolute Gasteiger partial charge is 0.329 e. The summed E-state index contributed by atoms with van der Waals surface area (Å²) in [6.07, 6.45) is 3.24. The van der Waals surface area contributed by atoms with Crippen LogP contribution in [0.25, 0.3) is 11.0 Å². The summed E-state index contributed by atoms with van der Waals surface area (Å²) in [5.74, 6) is 1.37. The van der Waals surface area contributed by atoms with E-state index in [0.29, 0.717) is 12.2 Å². The van der Waals surface area contributed by atoms with Crippen LogP contribution < -0.4 is 5.32 Å². The second-order valence-corrected chi connectivity index (χ2v) is 11.0. The number of rotatable bonds is 3. The molecule has 1 saturated heterocycles. The zero-order valence-corrected chi connectivity index (χ0v) is 21.3. The van der Waals surface area contributed by atoms with Gasteiger partial charge in [0.25, 0.3) is 0 Å². The number of hydrogen-bond donors (Lipinski definition) is 1. The van der Waals surface area contributed by atoms with Gasteiger partial charge in [0.05, 0.1) is 16.6 Å². The molecule has 1 unspecified atom stereocenters. The number of piperidine rings is 1. The number of anilines is 1. The quantitative estimate of drug-likeness (QED) is 0.375. The minimum Gasteiger partial charge on any atom is -0.329 e. The van der Waals surface area contributed by atoms with Gasteiger partial charge in [0, 0.05) is 37.3 Å². The van der Waals surface area contributed by atoms with Gasteiger partial charge in [-0.25, -0.2) is 4.98 Å². The fraction of sp³-hybridized carbons (Fsp3) is 0.312. The van der Waals surface area contributed by atoms with E-state index < -0.39 is 0 Å². The molecule has 1 aliphatic carbocycles. The first-order chi connectivity index (χ1) is 18.1. The molecule has 0 saturated carbocycles. The van der Waals surface area contributed by atoms with Crippen LogP contribution in [0.3, 0.4) is 0 Å². The van der Waals surface area contributed by atoms with E-state index >= 15 is 0 Å². The fourth-order valence-electron chi connectivity index (χ4n) is 6.83. The van der Waals surface area contributed by atoms with Crippen LogP contribution in [0.15, 0.2) is 90.1 Å². The van der Waals surface area contributed by atoms with Crippen LogP contribution in [0.5, 0.6) is 0 Å². The number of para-hydroxylation sites is 2. The molecule has 1 aromatic heterocycles. The van der Waals surface area contributed by atoms with Gasteiger partial charge in [-0.15, -0.1) is 0 Å². The van der Waals surface area contributed by atoms with Crippen LogP contribution in [0.2, 0.25) is 0 Å². The van der Waals surface area contributed by atoms with Crippen molar-refractivity contribution in [1.29, 1.82) is 0 Å². The van der Waals surface area contributed by atoms with Gasteiger partial charge in [-0.1, -0.05) is 72.3 Å². The maximum atomic E-state index is 14.0. The fourth-order valence-corrected chi connectivity index (χ4v) is 6.83. The lowest BCUT2D eigenvalue weighted by molar-refractivity contribution is -0.118. The Balaban J connectivity index is 1.28. The van der Waals surface area contributed by atoms with Gasteiger partial charge in [0.15, 0.2) is 5.78 Å². The molecule has 4 aromatic rings. The molecule has 1 atom stereocenters. The van der Waals surface area contributed by atoms with Crippen LogP contribution >= 0.6 is 0 Å². The number of benzene rings is 3. The molecule has 186 valence electrons. The molecule has 3 aliphatic rings. The number of aromatic nitrogens is 2. The number of hydrogen-bond acceptors (Lipinski definition) is 4. The maximum absolute atomic E-state index is 14.0. The van der Waals surface area contributed by atoms with E-state index in [-0.39, 0.29) is 11.5 Å². The molecule has 1 N–H and O–H groups in total. The van der Waals surface area contributed by atoms with Crippen molar-refractivity contribution in [3.63, 3.8) is 0 Å². The van der Waals surface area contributed by atoms with Crippen molar-refractivity contribution in [2.75, 3.05) is 18.4 Å². The van der Waals surface area contributed by atoms with E-state index in [1.54, 1.807) is 0 Å². The third kappa shape index (κ3) is 3.72. The Morgan fingerprint density at radius 3 is 2.43 bits per heavy atom. The Hall–Kier alpha value is -3.70. The van der Waals surface area contributed by atoms with E-state index in [2.05, 4.69) is 94.5 Å². The summed E-state index contributed by atoms with van der Waals surface area (Å²) in [5, 5.41) is 3.65. The van der Waals surface area contributed by atoms with E-state index in [9.17, 15) is 4.79 Å². The molecule has 5 heteroatoms. The van der Waals surface area contributed by atoms with Crippen molar-refractivity contribution in [3.05, 3.63) is 107 Å². The minimum absolute atomic E-state index is 0.200. The average molecular weight is 489 g/mol. The SMILES string of the molecule is Cc1ccc(C2CC(=O)C3=C(C2)Nc2nc4ccccc4n2C32CCN(Cc3ccccc3)CC2)cc1. The number of ketones is 1. The highest BCUT2D eigenvalue weighted by molar-refractivity contribution is 6.01. The number of carbonyl (C=O) groups excluding carboxylic acids is 1. The molecule has 1 spiro atoms. The van der Waals surface area contributed by atoms with Crippen LogP contribution in [0, 0.1) is 6.92 Å². The molecule has 0 bridgehead atoms. The Kier molecular flexibility index (Phi) is 5.29. The zero-order valence-electron chi connectivity index (χ0n) is 21.3. The molecule has 37 heavy (non-hydrogen) atoms. The number of nitrogens with one attached hydrogen (secondary N) is 1. The zero-order chi connectivity index (χ0) is 25.0. The van der Waals surface area contributed by atoms with Gasteiger partial charge < -0.3 is 5.32 Å². The van der Waals surface area contributed by atoms with Crippen molar-refractivity contribution in [2.24, 2.45) is 0 Å². The molecule has 3 aromatic carbocycles. The predicted molar refractivity (Wildman–Crippen MR) is 147 cm³/mol. The Bertz CT molecular complexity index is 1510. The molecule has 7 rings (SSSR count). The number of Topliss-reactive ketones (excluding diaryl/α,β-unsaturated/α-hetero) is 1. The second kappa shape index (κ2) is 8.70. The van der Waals surface area contributed by atoms with Gasteiger partial charge in [-0.3, -0.25) is 14.3 Å². The Labute approximate surface area is 217 Å². The van der Waals surface area contributed by atoms with Crippen molar-refractivity contribution in [3.8, 4) is 0 Å². The van der Waals surface area contributed by atoms with Gasteiger partial charge in [0.2, 0.25) is 5.95 Å². The van der Waals surface area contributed by atoms with Crippen molar-refractivity contribution >= 4 is 22.8 Å². The molecule has 5 nitrogen and oxygen atoms in total. The normalized spacial score (nSPS) is 21.1. The first-order valence-corrected chi connectivity index (χ1v) is 13.5. The second-order valence-electron chi connectivity index (χ2n) is 11.0. The van der Waals surface area contributed by atoms with Gasteiger partial charge in [0.1, 0.15) is 0 Å². The number of likely N-dealkylation sites (tertiary alicyclic amines) is 1. The predicted octanol–water partition coefficient (Wildman–Crippen LogP) is 6.16. The third-order valence-corrected chi connectivity index (χ3v) is 8.66. The van der Waals surface area contributed by atoms with Crippen LogP contribution in [0.4, 0.5) is 5.95 Å². The smallest absolute Gasteiger partial charge is 0.208 e. The number of aryl methyl sites for hydroxylation is 1. The lowest BCUT2D eigenvalue weighted by Gasteiger charge is -2.49. The molecule has 0 radical (unpaired) electrons. The number of imidazole rings is 1. The topological polar surface area (TPSA) is 50.2 Å². The molecule has 0 amide bonds. The van der Waals surface area contributed by atoms with Crippen LogP contribution in [-0.4, -0.2) is 33.3 Å². The molecule has 2 aliphatic heterocycles. The molecular formula is C32H32N4O. The van der Waals surface area contributed by atoms with Gasteiger partial charge in [-0.05, 0) is 55.4 Å². The Morgan fingerprint density at radius 2 is 1.65 bits per heavy atom. The van der Waals surface area contributed by atoms with Crippen molar-refractivity contribution in [2.45, 2.75) is 50.6 Å². The summed E-state index contributed by atoms with van der Waals surface area (Å²) in [4.78, 5) is 21.6. The average Bonchev–Trinajstić information content (AvgIpc) is 3.30. The highest BCUT2D eigenvalue weighted by Crippen LogP contribution is 2.50. The monoisotopic (exact) mass is 488 g/mol. The summed E-state index contributed by atoms with van der Waals surface area (Å²) < 4.78 is 2.37. The third-order valence-electron chi connectivity index (χ3n) is 8.66. The van der Waals surface area contributed by atoms with Crippen LogP contribution in [0.1, 0.15) is 48.3 Å². The maximum Gasteiger partial charge on any atom is 0.208 e. The van der Waals surface area contributed by atoms with Crippen molar-refractivity contribution in [1.82, 2.24) is 14.5 Å². The van der Waals surface area contributed by atoms with Gasteiger partial charge >= 0.3 is 0 Å². The van der Waals surface area contributed by atoms with Gasteiger partial charge in [-0.2, -0.15) is 0 Å². The number of allylic oxidation sites excluding steroid dienone is 2. The van der Waals surface area contributed by atoms with E-state index in [4.69, 9.17) is 4.98 Å². The van der Waals surface area contributed by atoms with E-state index in [0.717, 1.165) is 67.1 Å². The lowest BCUT2D eigenvalue weighted by atomic mass is 9.70. The first-order valence-electron chi connectivity index (χ1n) is 13.5. The number of fused-ring (bicyclic) bond motifs is 5. The summed E-state index contributed by atoms with van der Waals surface area (Å²) in [6, 6.07) is 27.7. The molecule has 1 fully saturated rings.